The van der Waals surface area contributed by atoms with Crippen LogP contribution in [0, 0.1) is 0 Å². The van der Waals surface area contributed by atoms with Crippen molar-refractivity contribution in [1.82, 2.24) is 10.6 Å². The van der Waals surface area contributed by atoms with Gasteiger partial charge in [0.25, 0.3) is 0 Å². The van der Waals surface area contributed by atoms with Crippen LogP contribution >= 0.6 is 0 Å². The Labute approximate surface area is 272 Å². The van der Waals surface area contributed by atoms with Crippen molar-refractivity contribution in [2.75, 3.05) is 33.0 Å². The van der Waals surface area contributed by atoms with E-state index >= 15 is 0 Å². The van der Waals surface area contributed by atoms with Crippen LogP contribution in [0.2, 0.25) is 0 Å². The number of aliphatic hydroxyl groups is 9. The second kappa shape index (κ2) is 20.6. The summed E-state index contributed by atoms with van der Waals surface area (Å²) in [5, 5.41) is 92.8. The number of amides is 2. The lowest BCUT2D eigenvalue weighted by Gasteiger charge is -2.44. The molecule has 2 amide bonds. The lowest BCUT2D eigenvalue weighted by molar-refractivity contribution is -0.386. The summed E-state index contributed by atoms with van der Waals surface area (Å²) in [6.07, 6.45) is -10.1. The van der Waals surface area contributed by atoms with Crippen molar-refractivity contribution in [3.05, 3.63) is 0 Å². The number of ether oxygens (including phenoxy) is 4. The number of carbonyl (C=O) groups excluding carboxylic acids is 3. The molecule has 18 heteroatoms. The lowest BCUT2D eigenvalue weighted by Crippen LogP contribution is -2.67. The summed E-state index contributed by atoms with van der Waals surface area (Å²) in [5.41, 5.74) is 0. The molecular weight excluding hydrogens is 632 g/mol. The van der Waals surface area contributed by atoms with Crippen molar-refractivity contribution >= 4 is 17.6 Å². The highest BCUT2D eigenvalue weighted by atomic mass is 16.7. The third kappa shape index (κ3) is 12.8. The summed E-state index contributed by atoms with van der Waals surface area (Å²) >= 11 is 0. The summed E-state index contributed by atoms with van der Waals surface area (Å²) in [4.78, 5) is 36.5. The highest BCUT2D eigenvalue weighted by Gasteiger charge is 2.54. The number of Topliss-reactive ketones (excluding diaryl/α,β-unsaturated/α-hetero) is 1. The van der Waals surface area contributed by atoms with E-state index in [2.05, 4.69) is 10.6 Å². The van der Waals surface area contributed by atoms with Gasteiger partial charge in [0.15, 0.2) is 18.4 Å². The van der Waals surface area contributed by atoms with Crippen LogP contribution in [0.5, 0.6) is 0 Å². The lowest BCUT2D eigenvalue weighted by atomic mass is 9.95. The molecular formula is C29H52N2O16. The largest absolute Gasteiger partial charge is 0.394 e. The topological polar surface area (TPSA) is 294 Å². The first-order chi connectivity index (χ1) is 22.2. The quantitative estimate of drug-likeness (QED) is 0.0402. The Balaban J connectivity index is 1.53. The van der Waals surface area contributed by atoms with Gasteiger partial charge in [-0.05, 0) is 51.9 Å². The van der Waals surface area contributed by atoms with Gasteiger partial charge < -0.3 is 75.5 Å². The normalized spacial score (nSPS) is 31.2. The van der Waals surface area contributed by atoms with Crippen LogP contribution in [0.1, 0.15) is 64.7 Å². The Morgan fingerprint density at radius 1 is 0.745 bits per heavy atom. The zero-order valence-electron chi connectivity index (χ0n) is 26.6. The van der Waals surface area contributed by atoms with Crippen LogP contribution in [-0.4, -0.2) is 164 Å². The molecule has 274 valence electrons. The third-order valence-electron chi connectivity index (χ3n) is 8.05. The maximum Gasteiger partial charge on any atom is 0.221 e. The van der Waals surface area contributed by atoms with Gasteiger partial charge in [0.2, 0.25) is 17.6 Å². The van der Waals surface area contributed by atoms with Gasteiger partial charge in [-0.3, -0.25) is 14.4 Å². The van der Waals surface area contributed by atoms with E-state index in [0.29, 0.717) is 51.5 Å². The summed E-state index contributed by atoms with van der Waals surface area (Å²) in [6, 6.07) is -0.682. The summed E-state index contributed by atoms with van der Waals surface area (Å²) in [5.74, 6) is -3.58. The van der Waals surface area contributed by atoms with Gasteiger partial charge in [-0.25, -0.2) is 0 Å². The molecule has 2 fully saturated rings. The monoisotopic (exact) mass is 684 g/mol. The van der Waals surface area contributed by atoms with E-state index in [1.54, 1.807) is 0 Å². The minimum absolute atomic E-state index is 0.00150. The second-order valence-corrected chi connectivity index (χ2v) is 11.8. The molecule has 2 rings (SSSR count). The van der Waals surface area contributed by atoms with Crippen molar-refractivity contribution in [1.29, 1.82) is 0 Å². The maximum atomic E-state index is 12.4. The first-order valence-corrected chi connectivity index (χ1v) is 15.9. The zero-order chi connectivity index (χ0) is 35.1. The van der Waals surface area contributed by atoms with Crippen LogP contribution in [0.25, 0.3) is 0 Å². The average Bonchev–Trinajstić information content (AvgIpc) is 3.03. The molecule has 0 radical (unpaired) electrons. The zero-order valence-corrected chi connectivity index (χ0v) is 26.6. The number of unbranched alkanes of at least 4 members (excludes halogenated alkanes) is 3. The third-order valence-corrected chi connectivity index (χ3v) is 8.05. The standard InChI is InChI=1S/C29H52N2O16/c1-16(34)17(31-21(36)10-4-7-13-45-28-25(40)26(41)29(42,43)19(15-33)47-28)8-2-5-11-30-20(35)9-3-6-12-44-27-24(39)23(38)22(37)18(14-32)46-27/h17-19,22-28,32-33,37-43H,2-15H2,1H3,(H,30,35)(H,31,36)/t17-,18?,19?,22?,23?,24?,25?,26?,27?,28?/m1/s1. The Kier molecular flexibility index (Phi) is 18.1. The van der Waals surface area contributed by atoms with Crippen LogP contribution < -0.4 is 10.6 Å². The molecule has 2 aliphatic heterocycles. The van der Waals surface area contributed by atoms with Crippen molar-refractivity contribution in [2.45, 2.75) is 132 Å². The number of carbonyl (C=O) groups is 3. The number of aliphatic hydroxyl groups excluding tert-OH is 7. The van der Waals surface area contributed by atoms with Crippen molar-refractivity contribution in [3.63, 3.8) is 0 Å². The highest BCUT2D eigenvalue weighted by molar-refractivity contribution is 5.87. The minimum Gasteiger partial charge on any atom is -0.394 e. The number of hydrogen-bond acceptors (Lipinski definition) is 16. The summed E-state index contributed by atoms with van der Waals surface area (Å²) in [7, 11) is 0. The van der Waals surface area contributed by atoms with Crippen molar-refractivity contribution < 1.29 is 79.3 Å². The van der Waals surface area contributed by atoms with E-state index in [1.807, 2.05) is 0 Å². The molecule has 0 saturated carbocycles. The Morgan fingerprint density at radius 2 is 1.34 bits per heavy atom. The first kappa shape index (κ1) is 41.3. The molecule has 47 heavy (non-hydrogen) atoms. The van der Waals surface area contributed by atoms with Crippen molar-refractivity contribution in [3.8, 4) is 0 Å². The predicted molar refractivity (Wildman–Crippen MR) is 158 cm³/mol. The van der Waals surface area contributed by atoms with Crippen LogP contribution in [-0.2, 0) is 33.3 Å². The fourth-order valence-electron chi connectivity index (χ4n) is 5.06. The van der Waals surface area contributed by atoms with E-state index in [0.717, 1.165) is 0 Å². The Hall–Kier alpha value is -1.91. The van der Waals surface area contributed by atoms with Crippen LogP contribution in [0.15, 0.2) is 0 Å². The molecule has 0 aliphatic carbocycles. The van der Waals surface area contributed by atoms with Gasteiger partial charge in [0.05, 0.1) is 19.3 Å². The SMILES string of the molecule is CC(=O)[C@@H](CCCCNC(=O)CCCCOC1OC(CO)C(O)C(O)C1O)NC(=O)CCCCOC1OC(CO)C(O)(O)C(O)C1O. The molecule has 11 N–H and O–H groups in total. The van der Waals surface area contributed by atoms with Crippen LogP contribution in [0.4, 0.5) is 0 Å². The smallest absolute Gasteiger partial charge is 0.221 e. The first-order valence-electron chi connectivity index (χ1n) is 15.9. The molecule has 2 saturated heterocycles. The van der Waals surface area contributed by atoms with E-state index < -0.39 is 80.4 Å². The molecule has 0 aromatic heterocycles. The Morgan fingerprint density at radius 3 is 1.91 bits per heavy atom. The van der Waals surface area contributed by atoms with Gasteiger partial charge in [-0.15, -0.1) is 0 Å². The molecule has 18 nitrogen and oxygen atoms in total. The number of hydrogen-bond donors (Lipinski definition) is 11. The second-order valence-electron chi connectivity index (χ2n) is 11.8. The van der Waals surface area contributed by atoms with E-state index in [1.165, 1.54) is 6.92 Å². The molecule has 0 bridgehead atoms. The molecule has 9 unspecified atom stereocenters. The predicted octanol–water partition coefficient (Wildman–Crippen LogP) is -4.36. The average molecular weight is 685 g/mol. The van der Waals surface area contributed by atoms with Gasteiger partial charge in [0, 0.05) is 32.6 Å². The number of nitrogens with one attached hydrogen (secondary N) is 2. The van der Waals surface area contributed by atoms with Gasteiger partial charge in [0.1, 0.15) is 42.7 Å². The van der Waals surface area contributed by atoms with Gasteiger partial charge >= 0.3 is 0 Å². The van der Waals surface area contributed by atoms with Crippen molar-refractivity contribution in [2.24, 2.45) is 0 Å². The summed E-state index contributed by atoms with van der Waals surface area (Å²) in [6.45, 7) is 0.490. The molecule has 0 aromatic carbocycles. The minimum atomic E-state index is -2.85. The van der Waals surface area contributed by atoms with Gasteiger partial charge in [-0.2, -0.15) is 0 Å². The van der Waals surface area contributed by atoms with Gasteiger partial charge in [-0.1, -0.05) is 0 Å². The van der Waals surface area contributed by atoms with E-state index in [4.69, 9.17) is 18.9 Å². The number of ketones is 1. The van der Waals surface area contributed by atoms with Crippen LogP contribution in [0.3, 0.4) is 0 Å². The molecule has 0 spiro atoms. The molecule has 2 heterocycles. The molecule has 2 aliphatic rings. The highest BCUT2D eigenvalue weighted by Crippen LogP contribution is 2.28. The summed E-state index contributed by atoms with van der Waals surface area (Å²) < 4.78 is 21.1. The van der Waals surface area contributed by atoms with E-state index in [-0.39, 0.29) is 43.7 Å². The number of rotatable bonds is 21. The molecule has 10 atom stereocenters. The maximum absolute atomic E-state index is 12.4. The Bertz CT molecular complexity index is 951. The van der Waals surface area contributed by atoms with E-state index in [9.17, 15) is 60.3 Å². The fourth-order valence-corrected chi connectivity index (χ4v) is 5.06. The fraction of sp³-hybridized carbons (Fsp3) is 0.897. The molecule has 0 aromatic rings.